The molecule has 7 heteroatoms. The summed E-state index contributed by atoms with van der Waals surface area (Å²) < 4.78 is 39.9. The van der Waals surface area contributed by atoms with Crippen LogP contribution in [0.15, 0.2) is 0 Å². The van der Waals surface area contributed by atoms with Gasteiger partial charge in [-0.2, -0.15) is 13.2 Å². The largest absolute Gasteiger partial charge is 0.411 e. The number of amides is 1. The van der Waals surface area contributed by atoms with Gasteiger partial charge in [0.05, 0.1) is 13.0 Å². The van der Waals surface area contributed by atoms with Crippen molar-refractivity contribution >= 4 is 5.91 Å². The molecule has 0 aliphatic carbocycles. The van der Waals surface area contributed by atoms with Crippen LogP contribution in [-0.4, -0.2) is 49.3 Å². The van der Waals surface area contributed by atoms with Crippen molar-refractivity contribution in [2.24, 2.45) is 5.73 Å². The number of piperidine rings is 1. The Labute approximate surface area is 104 Å². The molecule has 1 atom stereocenters. The van der Waals surface area contributed by atoms with Gasteiger partial charge in [-0.25, -0.2) is 0 Å². The standard InChI is InChI=1S/C11H19F3N2O2/c12-11(13,14)8-18-6-4-10(17)16-5-2-1-3-9(16)7-15/h9H,1-8,15H2. The van der Waals surface area contributed by atoms with E-state index in [0.29, 0.717) is 13.1 Å². The Balaban J connectivity index is 2.27. The predicted molar refractivity (Wildman–Crippen MR) is 59.9 cm³/mol. The van der Waals surface area contributed by atoms with Crippen molar-refractivity contribution in [1.82, 2.24) is 4.90 Å². The number of hydrogen-bond donors (Lipinski definition) is 1. The van der Waals surface area contributed by atoms with Crippen molar-refractivity contribution in [2.45, 2.75) is 37.9 Å². The molecule has 18 heavy (non-hydrogen) atoms. The molecule has 1 fully saturated rings. The number of carbonyl (C=O) groups excluding carboxylic acids is 1. The fraction of sp³-hybridized carbons (Fsp3) is 0.909. The third kappa shape index (κ3) is 5.22. The molecule has 1 saturated heterocycles. The lowest BCUT2D eigenvalue weighted by atomic mass is 10.0. The van der Waals surface area contributed by atoms with E-state index >= 15 is 0 Å². The van der Waals surface area contributed by atoms with Crippen LogP contribution in [0.2, 0.25) is 0 Å². The van der Waals surface area contributed by atoms with Crippen molar-refractivity contribution in [1.29, 1.82) is 0 Å². The molecule has 0 spiro atoms. The Hall–Kier alpha value is -0.820. The zero-order valence-corrected chi connectivity index (χ0v) is 10.2. The fourth-order valence-corrected chi connectivity index (χ4v) is 2.06. The molecule has 0 aromatic heterocycles. The first-order valence-corrected chi connectivity index (χ1v) is 6.08. The molecule has 0 aromatic carbocycles. The minimum atomic E-state index is -4.34. The summed E-state index contributed by atoms with van der Waals surface area (Å²) in [5.74, 6) is -0.174. The number of nitrogens with two attached hydrogens (primary N) is 1. The highest BCUT2D eigenvalue weighted by Gasteiger charge is 2.28. The summed E-state index contributed by atoms with van der Waals surface area (Å²) in [6.07, 6.45) is -1.53. The third-order valence-electron chi connectivity index (χ3n) is 2.95. The van der Waals surface area contributed by atoms with Gasteiger partial charge in [0.1, 0.15) is 6.61 Å². The third-order valence-corrected chi connectivity index (χ3v) is 2.95. The number of carbonyl (C=O) groups is 1. The average molecular weight is 268 g/mol. The van der Waals surface area contributed by atoms with Gasteiger partial charge in [-0.15, -0.1) is 0 Å². The van der Waals surface area contributed by atoms with Crippen molar-refractivity contribution in [3.63, 3.8) is 0 Å². The molecule has 106 valence electrons. The maximum absolute atomic E-state index is 11.8. The van der Waals surface area contributed by atoms with Gasteiger partial charge < -0.3 is 15.4 Å². The van der Waals surface area contributed by atoms with Crippen molar-refractivity contribution in [2.75, 3.05) is 26.3 Å². The number of likely N-dealkylation sites (tertiary alicyclic amines) is 1. The van der Waals surface area contributed by atoms with E-state index in [-0.39, 0.29) is 25.0 Å². The summed E-state index contributed by atoms with van der Waals surface area (Å²) in [7, 11) is 0. The van der Waals surface area contributed by atoms with Crippen LogP contribution in [0.4, 0.5) is 13.2 Å². The summed E-state index contributed by atoms with van der Waals surface area (Å²) in [5, 5.41) is 0. The smallest absolute Gasteiger partial charge is 0.372 e. The minimum absolute atomic E-state index is 0.0212. The van der Waals surface area contributed by atoms with Crippen LogP contribution in [-0.2, 0) is 9.53 Å². The molecule has 4 nitrogen and oxygen atoms in total. The Morgan fingerprint density at radius 2 is 2.11 bits per heavy atom. The van der Waals surface area contributed by atoms with Crippen molar-refractivity contribution < 1.29 is 22.7 Å². The van der Waals surface area contributed by atoms with Crippen LogP contribution in [0.1, 0.15) is 25.7 Å². The van der Waals surface area contributed by atoms with Crippen LogP contribution < -0.4 is 5.73 Å². The molecular weight excluding hydrogens is 249 g/mol. The molecule has 1 amide bonds. The summed E-state index contributed by atoms with van der Waals surface area (Å²) in [6.45, 7) is -0.470. The van der Waals surface area contributed by atoms with E-state index in [0.717, 1.165) is 19.3 Å². The molecule has 1 rings (SSSR count). The van der Waals surface area contributed by atoms with E-state index in [2.05, 4.69) is 4.74 Å². The van der Waals surface area contributed by atoms with Crippen molar-refractivity contribution in [3.05, 3.63) is 0 Å². The first-order chi connectivity index (χ1) is 8.44. The topological polar surface area (TPSA) is 55.6 Å². The second-order valence-corrected chi connectivity index (χ2v) is 4.39. The van der Waals surface area contributed by atoms with E-state index in [4.69, 9.17) is 5.73 Å². The van der Waals surface area contributed by atoms with E-state index < -0.39 is 12.8 Å². The molecule has 1 aliphatic rings. The van der Waals surface area contributed by atoms with E-state index in [1.165, 1.54) is 0 Å². The molecular formula is C11H19F3N2O2. The van der Waals surface area contributed by atoms with Gasteiger partial charge in [-0.3, -0.25) is 4.79 Å². The zero-order chi connectivity index (χ0) is 13.6. The number of alkyl halides is 3. The van der Waals surface area contributed by atoms with Crippen LogP contribution >= 0.6 is 0 Å². The lowest BCUT2D eigenvalue weighted by Crippen LogP contribution is -2.47. The van der Waals surface area contributed by atoms with Crippen molar-refractivity contribution in [3.8, 4) is 0 Å². The number of rotatable bonds is 5. The second kappa shape index (κ2) is 6.94. The molecule has 2 N–H and O–H groups in total. The van der Waals surface area contributed by atoms with Gasteiger partial charge in [0, 0.05) is 19.1 Å². The normalized spacial score (nSPS) is 21.1. The van der Waals surface area contributed by atoms with Crippen LogP contribution in [0, 0.1) is 0 Å². The highest BCUT2D eigenvalue weighted by Crippen LogP contribution is 2.18. The average Bonchev–Trinajstić information content (AvgIpc) is 2.33. The van der Waals surface area contributed by atoms with Crippen LogP contribution in [0.5, 0.6) is 0 Å². The minimum Gasteiger partial charge on any atom is -0.372 e. The van der Waals surface area contributed by atoms with Gasteiger partial charge in [0.15, 0.2) is 0 Å². The van der Waals surface area contributed by atoms with Gasteiger partial charge in [-0.05, 0) is 19.3 Å². The Morgan fingerprint density at radius 3 is 2.72 bits per heavy atom. The van der Waals surface area contributed by atoms with Gasteiger partial charge in [0.25, 0.3) is 0 Å². The van der Waals surface area contributed by atoms with E-state index in [1.807, 2.05) is 0 Å². The lowest BCUT2D eigenvalue weighted by molar-refractivity contribution is -0.175. The number of ether oxygens (including phenoxy) is 1. The summed E-state index contributed by atoms with van der Waals surface area (Å²) >= 11 is 0. The van der Waals surface area contributed by atoms with Gasteiger partial charge >= 0.3 is 6.18 Å². The second-order valence-electron chi connectivity index (χ2n) is 4.39. The van der Waals surface area contributed by atoms with Crippen LogP contribution in [0.25, 0.3) is 0 Å². The summed E-state index contributed by atoms with van der Waals surface area (Å²) in [6, 6.07) is 0.0221. The maximum atomic E-state index is 11.8. The Bertz CT molecular complexity index is 272. The molecule has 0 radical (unpaired) electrons. The molecule has 1 heterocycles. The SMILES string of the molecule is NCC1CCCCN1C(=O)CCOCC(F)(F)F. The van der Waals surface area contributed by atoms with E-state index in [9.17, 15) is 18.0 Å². The number of hydrogen-bond acceptors (Lipinski definition) is 3. The first kappa shape index (κ1) is 15.2. The van der Waals surface area contributed by atoms with Gasteiger partial charge in [0.2, 0.25) is 5.91 Å². The lowest BCUT2D eigenvalue weighted by Gasteiger charge is -2.35. The van der Waals surface area contributed by atoms with Gasteiger partial charge in [-0.1, -0.05) is 0 Å². The molecule has 0 saturated carbocycles. The zero-order valence-electron chi connectivity index (χ0n) is 10.2. The highest BCUT2D eigenvalue weighted by molar-refractivity contribution is 5.76. The summed E-state index contributed by atoms with van der Waals surface area (Å²) in [5.41, 5.74) is 5.57. The number of nitrogens with zero attached hydrogens (tertiary/aromatic N) is 1. The highest BCUT2D eigenvalue weighted by atomic mass is 19.4. The maximum Gasteiger partial charge on any atom is 0.411 e. The number of halogens is 3. The molecule has 1 aliphatic heterocycles. The quantitative estimate of drug-likeness (QED) is 0.765. The van der Waals surface area contributed by atoms with E-state index in [1.54, 1.807) is 4.90 Å². The Morgan fingerprint density at radius 1 is 1.39 bits per heavy atom. The Kier molecular flexibility index (Phi) is 5.87. The summed E-state index contributed by atoms with van der Waals surface area (Å²) in [4.78, 5) is 13.5. The monoisotopic (exact) mass is 268 g/mol. The fourth-order valence-electron chi connectivity index (χ4n) is 2.06. The molecule has 0 bridgehead atoms. The predicted octanol–water partition coefficient (Wildman–Crippen LogP) is 1.30. The first-order valence-electron chi connectivity index (χ1n) is 6.08. The molecule has 1 unspecified atom stereocenters. The van der Waals surface area contributed by atoms with Crippen LogP contribution in [0.3, 0.4) is 0 Å². The molecule has 0 aromatic rings.